The van der Waals surface area contributed by atoms with Gasteiger partial charge in [-0.25, -0.2) is 4.98 Å². The molecule has 110 valence electrons. The van der Waals surface area contributed by atoms with E-state index in [0.717, 1.165) is 24.2 Å². The molecule has 0 atom stereocenters. The summed E-state index contributed by atoms with van der Waals surface area (Å²) < 4.78 is 0. The molecule has 6 heteroatoms. The SMILES string of the molecule is O=C(NCCc1nc(-c2ccncc2)n[nH]1)C1CCCC1. The summed E-state index contributed by atoms with van der Waals surface area (Å²) in [5.41, 5.74) is 0.933. The molecule has 2 aromatic rings. The van der Waals surface area contributed by atoms with Crippen molar-refractivity contribution in [3.05, 3.63) is 30.4 Å². The van der Waals surface area contributed by atoms with Crippen LogP contribution in [0, 0.1) is 5.92 Å². The third-order valence-corrected chi connectivity index (χ3v) is 3.86. The van der Waals surface area contributed by atoms with Crippen molar-refractivity contribution < 1.29 is 4.79 Å². The predicted octanol–water partition coefficient (Wildman–Crippen LogP) is 1.72. The summed E-state index contributed by atoms with van der Waals surface area (Å²) in [6.07, 6.45) is 8.50. The minimum atomic E-state index is 0.182. The standard InChI is InChI=1S/C15H19N5O/c21-15(12-3-1-2-4-12)17-10-7-13-18-14(20-19-13)11-5-8-16-9-6-11/h5-6,8-9,12H,1-4,7,10H2,(H,17,21)(H,18,19,20). The molecule has 1 saturated carbocycles. The molecule has 0 aromatic carbocycles. The molecule has 2 heterocycles. The summed E-state index contributed by atoms with van der Waals surface area (Å²) in [5.74, 6) is 1.84. The zero-order valence-electron chi connectivity index (χ0n) is 11.9. The van der Waals surface area contributed by atoms with Gasteiger partial charge >= 0.3 is 0 Å². The van der Waals surface area contributed by atoms with Gasteiger partial charge in [0.05, 0.1) is 0 Å². The van der Waals surface area contributed by atoms with E-state index in [9.17, 15) is 4.79 Å². The smallest absolute Gasteiger partial charge is 0.223 e. The van der Waals surface area contributed by atoms with Crippen molar-refractivity contribution in [3.63, 3.8) is 0 Å². The molecule has 2 N–H and O–H groups in total. The summed E-state index contributed by atoms with van der Waals surface area (Å²) in [7, 11) is 0. The van der Waals surface area contributed by atoms with E-state index in [-0.39, 0.29) is 11.8 Å². The fourth-order valence-corrected chi connectivity index (χ4v) is 2.67. The van der Waals surface area contributed by atoms with Crippen LogP contribution in [0.3, 0.4) is 0 Å². The first-order valence-corrected chi connectivity index (χ1v) is 7.42. The van der Waals surface area contributed by atoms with Crippen LogP contribution in [-0.4, -0.2) is 32.6 Å². The highest BCUT2D eigenvalue weighted by Crippen LogP contribution is 2.24. The Morgan fingerprint density at radius 1 is 1.29 bits per heavy atom. The molecule has 1 amide bonds. The summed E-state index contributed by atoms with van der Waals surface area (Å²) in [5, 5.41) is 10.1. The second-order valence-corrected chi connectivity index (χ2v) is 5.36. The Balaban J connectivity index is 1.50. The molecule has 0 saturated heterocycles. The highest BCUT2D eigenvalue weighted by molar-refractivity contribution is 5.78. The molecular formula is C15H19N5O. The summed E-state index contributed by atoms with van der Waals surface area (Å²) in [6, 6.07) is 3.74. The molecule has 21 heavy (non-hydrogen) atoms. The lowest BCUT2D eigenvalue weighted by Crippen LogP contribution is -2.31. The lowest BCUT2D eigenvalue weighted by Gasteiger charge is -2.09. The minimum Gasteiger partial charge on any atom is -0.355 e. The van der Waals surface area contributed by atoms with Gasteiger partial charge in [-0.15, -0.1) is 0 Å². The molecular weight excluding hydrogens is 266 g/mol. The average Bonchev–Trinajstić information content (AvgIpc) is 3.20. The normalized spacial score (nSPS) is 15.2. The average molecular weight is 285 g/mol. The number of carbonyl (C=O) groups excluding carboxylic acids is 1. The highest BCUT2D eigenvalue weighted by Gasteiger charge is 2.22. The van der Waals surface area contributed by atoms with Crippen LogP contribution in [0.4, 0.5) is 0 Å². The van der Waals surface area contributed by atoms with Crippen LogP contribution in [0.2, 0.25) is 0 Å². The van der Waals surface area contributed by atoms with Crippen LogP contribution in [-0.2, 0) is 11.2 Å². The number of hydrogen-bond acceptors (Lipinski definition) is 4. The van der Waals surface area contributed by atoms with Gasteiger partial charge in [0.1, 0.15) is 5.82 Å². The minimum absolute atomic E-state index is 0.182. The van der Waals surface area contributed by atoms with Crippen LogP contribution < -0.4 is 5.32 Å². The number of pyridine rings is 1. The first kappa shape index (κ1) is 13.7. The van der Waals surface area contributed by atoms with Gasteiger partial charge in [0, 0.05) is 36.8 Å². The molecule has 3 rings (SSSR count). The Hall–Kier alpha value is -2.24. The third kappa shape index (κ3) is 3.45. The number of nitrogens with zero attached hydrogens (tertiary/aromatic N) is 3. The number of nitrogens with one attached hydrogen (secondary N) is 2. The van der Waals surface area contributed by atoms with Crippen LogP contribution >= 0.6 is 0 Å². The number of hydrogen-bond donors (Lipinski definition) is 2. The number of amides is 1. The molecule has 2 aromatic heterocycles. The van der Waals surface area contributed by atoms with Gasteiger partial charge in [0.2, 0.25) is 5.91 Å². The summed E-state index contributed by atoms with van der Waals surface area (Å²) in [6.45, 7) is 0.598. The Morgan fingerprint density at radius 3 is 2.81 bits per heavy atom. The van der Waals surface area contributed by atoms with E-state index in [4.69, 9.17) is 0 Å². The maximum absolute atomic E-state index is 11.9. The molecule has 1 fully saturated rings. The summed E-state index contributed by atoms with van der Waals surface area (Å²) >= 11 is 0. The van der Waals surface area contributed by atoms with Gasteiger partial charge in [-0.1, -0.05) is 12.8 Å². The Morgan fingerprint density at radius 2 is 2.05 bits per heavy atom. The van der Waals surface area contributed by atoms with Gasteiger partial charge in [-0.05, 0) is 25.0 Å². The first-order chi connectivity index (χ1) is 10.3. The van der Waals surface area contributed by atoms with Gasteiger partial charge in [0.25, 0.3) is 0 Å². The van der Waals surface area contributed by atoms with Gasteiger partial charge in [0.15, 0.2) is 5.82 Å². The molecule has 0 bridgehead atoms. The van der Waals surface area contributed by atoms with Gasteiger partial charge in [-0.2, -0.15) is 5.10 Å². The largest absolute Gasteiger partial charge is 0.355 e. The van der Waals surface area contributed by atoms with E-state index >= 15 is 0 Å². The van der Waals surface area contributed by atoms with Crippen molar-refractivity contribution in [3.8, 4) is 11.4 Å². The Labute approximate surface area is 123 Å². The Bertz CT molecular complexity index is 589. The maximum atomic E-state index is 11.9. The number of aromatic nitrogens is 4. The van der Waals surface area contributed by atoms with E-state index in [1.54, 1.807) is 12.4 Å². The van der Waals surface area contributed by atoms with Crippen LogP contribution in [0.1, 0.15) is 31.5 Å². The van der Waals surface area contributed by atoms with Crippen molar-refractivity contribution in [2.24, 2.45) is 5.92 Å². The lowest BCUT2D eigenvalue weighted by atomic mass is 10.1. The molecule has 1 aliphatic rings. The number of aromatic amines is 1. The predicted molar refractivity (Wildman–Crippen MR) is 78.3 cm³/mol. The Kier molecular flexibility index (Phi) is 4.23. The fraction of sp³-hybridized carbons (Fsp3) is 0.467. The second kappa shape index (κ2) is 6.47. The molecule has 0 aliphatic heterocycles. The fourth-order valence-electron chi connectivity index (χ4n) is 2.67. The number of H-pyrrole nitrogens is 1. The summed E-state index contributed by atoms with van der Waals surface area (Å²) in [4.78, 5) is 20.3. The van der Waals surface area contributed by atoms with Crippen molar-refractivity contribution in [1.29, 1.82) is 0 Å². The van der Waals surface area contributed by atoms with Crippen molar-refractivity contribution in [2.45, 2.75) is 32.1 Å². The monoisotopic (exact) mass is 285 g/mol. The number of rotatable bonds is 5. The zero-order valence-corrected chi connectivity index (χ0v) is 11.9. The van der Waals surface area contributed by atoms with E-state index in [1.165, 1.54) is 12.8 Å². The quantitative estimate of drug-likeness (QED) is 0.876. The molecule has 0 radical (unpaired) electrons. The first-order valence-electron chi connectivity index (χ1n) is 7.42. The number of carbonyl (C=O) groups is 1. The van der Waals surface area contributed by atoms with Crippen LogP contribution in [0.25, 0.3) is 11.4 Å². The van der Waals surface area contributed by atoms with E-state index in [0.29, 0.717) is 18.8 Å². The molecule has 1 aliphatic carbocycles. The maximum Gasteiger partial charge on any atom is 0.223 e. The molecule has 6 nitrogen and oxygen atoms in total. The van der Waals surface area contributed by atoms with Crippen molar-refractivity contribution in [2.75, 3.05) is 6.54 Å². The topological polar surface area (TPSA) is 83.6 Å². The van der Waals surface area contributed by atoms with Crippen LogP contribution in [0.5, 0.6) is 0 Å². The van der Waals surface area contributed by atoms with Crippen LogP contribution in [0.15, 0.2) is 24.5 Å². The van der Waals surface area contributed by atoms with Crippen molar-refractivity contribution >= 4 is 5.91 Å². The highest BCUT2D eigenvalue weighted by atomic mass is 16.1. The van der Waals surface area contributed by atoms with Gasteiger partial charge in [-0.3, -0.25) is 14.9 Å². The second-order valence-electron chi connectivity index (χ2n) is 5.36. The van der Waals surface area contributed by atoms with E-state index in [2.05, 4.69) is 25.5 Å². The van der Waals surface area contributed by atoms with E-state index in [1.807, 2.05) is 12.1 Å². The van der Waals surface area contributed by atoms with Crippen molar-refractivity contribution in [1.82, 2.24) is 25.5 Å². The van der Waals surface area contributed by atoms with E-state index < -0.39 is 0 Å². The molecule has 0 spiro atoms. The third-order valence-electron chi connectivity index (χ3n) is 3.86. The lowest BCUT2D eigenvalue weighted by molar-refractivity contribution is -0.124. The van der Waals surface area contributed by atoms with Gasteiger partial charge < -0.3 is 5.32 Å². The molecule has 0 unspecified atom stereocenters. The zero-order chi connectivity index (χ0) is 14.5.